The van der Waals surface area contributed by atoms with Crippen molar-refractivity contribution in [2.24, 2.45) is 0 Å². The van der Waals surface area contributed by atoms with E-state index in [1.807, 2.05) is 53.4 Å². The van der Waals surface area contributed by atoms with E-state index in [4.69, 9.17) is 26.1 Å². The molecule has 3 aromatic carbocycles. The topological polar surface area (TPSA) is 85.2 Å². The average molecular weight is 683 g/mol. The molecule has 0 N–H and O–H groups in total. The smallest absolute Gasteiger partial charge is 0.410 e. The number of carbonyl (C=O) groups excluding carboxylic acids is 1. The van der Waals surface area contributed by atoms with Gasteiger partial charge in [0.05, 0.1) is 41.5 Å². The van der Waals surface area contributed by atoms with Crippen LogP contribution < -0.4 is 14.5 Å². The monoisotopic (exact) mass is 682 g/mol. The highest BCUT2D eigenvalue weighted by atomic mass is 35.5. The number of pyridine rings is 1. The number of amides is 1. The fraction of sp³-hybridized carbons (Fsp3) is 0.395. The molecule has 2 atom stereocenters. The van der Waals surface area contributed by atoms with Crippen molar-refractivity contribution in [2.45, 2.75) is 50.9 Å². The first-order chi connectivity index (χ1) is 23.9. The molecule has 2 saturated heterocycles. The lowest BCUT2D eigenvalue weighted by molar-refractivity contribution is 0.0768. The molecule has 4 heterocycles. The molecule has 49 heavy (non-hydrogen) atoms. The van der Waals surface area contributed by atoms with Crippen LogP contribution in [0.15, 0.2) is 66.7 Å². The number of ether oxygens (including phenoxy) is 2. The fourth-order valence-corrected chi connectivity index (χ4v) is 7.70. The summed E-state index contributed by atoms with van der Waals surface area (Å²) in [6.07, 6.45) is 2.25. The van der Waals surface area contributed by atoms with Crippen LogP contribution in [0.4, 0.5) is 20.6 Å². The highest BCUT2D eigenvalue weighted by molar-refractivity contribution is 6.36. The number of hydrogen-bond donors (Lipinski definition) is 0. The van der Waals surface area contributed by atoms with Gasteiger partial charge in [0.2, 0.25) is 5.82 Å². The first kappa shape index (κ1) is 32.9. The predicted octanol–water partition coefficient (Wildman–Crippen LogP) is 6.80. The van der Waals surface area contributed by atoms with Crippen LogP contribution in [0.5, 0.6) is 5.88 Å². The molecule has 3 aliphatic heterocycles. The van der Waals surface area contributed by atoms with Gasteiger partial charge in [-0.25, -0.2) is 9.78 Å². The number of aromatic nitrogens is 1. The highest BCUT2D eigenvalue weighted by Gasteiger charge is 2.36. The molecule has 4 aromatic rings. The number of halogens is 2. The van der Waals surface area contributed by atoms with Crippen molar-refractivity contribution >= 4 is 39.8 Å². The Morgan fingerprint density at radius 3 is 2.61 bits per heavy atom. The molecule has 0 spiro atoms. The van der Waals surface area contributed by atoms with Crippen LogP contribution in [0.3, 0.4) is 0 Å². The number of rotatable bonds is 8. The van der Waals surface area contributed by atoms with Crippen LogP contribution in [0, 0.1) is 17.1 Å². The third-order valence-electron chi connectivity index (χ3n) is 10.1. The number of piperazine rings is 1. The van der Waals surface area contributed by atoms with E-state index in [-0.39, 0.29) is 31.5 Å². The molecule has 0 aliphatic carbocycles. The van der Waals surface area contributed by atoms with E-state index < -0.39 is 18.0 Å². The van der Waals surface area contributed by atoms with E-state index >= 15 is 4.39 Å². The largest absolute Gasteiger partial charge is 0.474 e. The summed E-state index contributed by atoms with van der Waals surface area (Å²) in [5.74, 6) is -0.495. The summed E-state index contributed by atoms with van der Waals surface area (Å²) in [5.41, 5.74) is 3.93. The molecule has 3 aliphatic rings. The van der Waals surface area contributed by atoms with Gasteiger partial charge in [-0.05, 0) is 55.9 Å². The normalized spacial score (nSPS) is 19.5. The second kappa shape index (κ2) is 14.5. The summed E-state index contributed by atoms with van der Waals surface area (Å²) >= 11 is 6.71. The minimum atomic E-state index is -0.489. The molecule has 2 unspecified atom stereocenters. The maximum absolute atomic E-state index is 16.7. The summed E-state index contributed by atoms with van der Waals surface area (Å²) < 4.78 is 28.6. The molecule has 11 heteroatoms. The van der Waals surface area contributed by atoms with Gasteiger partial charge < -0.3 is 29.1 Å². The van der Waals surface area contributed by atoms with E-state index in [0.717, 1.165) is 52.7 Å². The lowest BCUT2D eigenvalue weighted by Crippen LogP contribution is -2.55. The number of nitrogens with zero attached hydrogens (tertiary/aromatic N) is 6. The van der Waals surface area contributed by atoms with Crippen molar-refractivity contribution in [3.05, 3.63) is 94.4 Å². The van der Waals surface area contributed by atoms with Crippen LogP contribution in [-0.4, -0.2) is 79.3 Å². The van der Waals surface area contributed by atoms with Crippen molar-refractivity contribution in [3.8, 4) is 11.9 Å². The Morgan fingerprint density at radius 2 is 1.84 bits per heavy atom. The molecule has 2 fully saturated rings. The SMILES string of the molecule is CN1CCCC1COc1nc2c(c(N3CCN(C(=O)OCc4ccccc4)C(CC#N)C3)c1F)CCN(c1cccc3cccc(Cl)c13)C2. The van der Waals surface area contributed by atoms with Crippen molar-refractivity contribution in [1.29, 1.82) is 5.26 Å². The van der Waals surface area contributed by atoms with Crippen LogP contribution in [0.25, 0.3) is 10.8 Å². The molecule has 0 bridgehead atoms. The zero-order valence-corrected chi connectivity index (χ0v) is 28.4. The Kier molecular flexibility index (Phi) is 9.74. The lowest BCUT2D eigenvalue weighted by Gasteiger charge is -2.42. The number of likely N-dealkylation sites (tertiary alicyclic amines) is 1. The minimum Gasteiger partial charge on any atom is -0.474 e. The van der Waals surface area contributed by atoms with E-state index in [0.29, 0.717) is 49.9 Å². The van der Waals surface area contributed by atoms with Crippen LogP contribution in [-0.2, 0) is 24.3 Å². The maximum atomic E-state index is 16.7. The van der Waals surface area contributed by atoms with Gasteiger partial charge >= 0.3 is 6.09 Å². The number of likely N-dealkylation sites (N-methyl/N-ethyl adjacent to an activating group) is 1. The van der Waals surface area contributed by atoms with Crippen molar-refractivity contribution in [1.82, 2.24) is 14.8 Å². The summed E-state index contributed by atoms with van der Waals surface area (Å²) in [4.78, 5) is 26.1. The van der Waals surface area contributed by atoms with Crippen molar-refractivity contribution < 1.29 is 18.7 Å². The zero-order valence-electron chi connectivity index (χ0n) is 27.7. The highest BCUT2D eigenvalue weighted by Crippen LogP contribution is 2.40. The Balaban J connectivity index is 1.19. The number of nitriles is 1. The molecule has 0 radical (unpaired) electrons. The standard InChI is InChI=1S/C38H40ClFN6O3/c1-43-18-7-12-29(43)25-48-37-35(40)36(45-20-21-46(28(22-45)15-17-41)38(47)49-24-26-8-3-2-4-9-26)30-16-19-44(23-32(30)42-37)33-14-6-11-27-10-5-13-31(39)34(27)33/h2-6,8-11,13-14,28-29H,7,12,15-16,18-25H2,1H3. The van der Waals surface area contributed by atoms with E-state index in [9.17, 15) is 10.1 Å². The zero-order chi connectivity index (χ0) is 33.9. The number of fused-ring (bicyclic) bond motifs is 2. The number of anilines is 2. The van der Waals surface area contributed by atoms with Gasteiger partial charge in [-0.3, -0.25) is 0 Å². The molecule has 254 valence electrons. The first-order valence-corrected chi connectivity index (χ1v) is 17.3. The van der Waals surface area contributed by atoms with Crippen LogP contribution in [0.1, 0.15) is 36.1 Å². The van der Waals surface area contributed by atoms with E-state index in [1.165, 1.54) is 0 Å². The molecule has 1 amide bonds. The lowest BCUT2D eigenvalue weighted by atomic mass is 9.98. The molecule has 9 nitrogen and oxygen atoms in total. The Morgan fingerprint density at radius 1 is 1.02 bits per heavy atom. The van der Waals surface area contributed by atoms with Crippen LogP contribution in [0.2, 0.25) is 5.02 Å². The van der Waals surface area contributed by atoms with Gasteiger partial charge in [-0.15, -0.1) is 0 Å². The third-order valence-corrected chi connectivity index (χ3v) is 10.4. The van der Waals surface area contributed by atoms with Crippen molar-refractivity contribution in [2.75, 3.05) is 56.2 Å². The fourth-order valence-electron chi connectivity index (χ4n) is 7.43. The van der Waals surface area contributed by atoms with Crippen molar-refractivity contribution in [3.63, 3.8) is 0 Å². The van der Waals surface area contributed by atoms with Gasteiger partial charge in [0.25, 0.3) is 5.88 Å². The number of benzene rings is 3. The first-order valence-electron chi connectivity index (χ1n) is 17.0. The number of hydrogen-bond acceptors (Lipinski definition) is 8. The second-order valence-corrected chi connectivity index (χ2v) is 13.5. The van der Waals surface area contributed by atoms with Gasteiger partial charge in [-0.2, -0.15) is 9.65 Å². The Hall–Kier alpha value is -4.59. The summed E-state index contributed by atoms with van der Waals surface area (Å²) in [5, 5.41) is 12.4. The molecule has 1 aromatic heterocycles. The van der Waals surface area contributed by atoms with Crippen LogP contribution >= 0.6 is 11.6 Å². The maximum Gasteiger partial charge on any atom is 0.410 e. The Bertz CT molecular complexity index is 1870. The summed E-state index contributed by atoms with van der Waals surface area (Å²) in [6, 6.07) is 23.5. The Labute approximate surface area is 291 Å². The average Bonchev–Trinajstić information content (AvgIpc) is 3.54. The van der Waals surface area contributed by atoms with E-state index in [2.05, 4.69) is 41.1 Å². The minimum absolute atomic E-state index is 0.00612. The quantitative estimate of drug-likeness (QED) is 0.201. The molecular weight excluding hydrogens is 643 g/mol. The molecule has 0 saturated carbocycles. The van der Waals surface area contributed by atoms with Gasteiger partial charge in [0, 0.05) is 48.9 Å². The van der Waals surface area contributed by atoms with Gasteiger partial charge in [0.15, 0.2) is 0 Å². The predicted molar refractivity (Wildman–Crippen MR) is 189 cm³/mol. The van der Waals surface area contributed by atoms with E-state index in [1.54, 1.807) is 4.90 Å². The van der Waals surface area contributed by atoms with Gasteiger partial charge in [0.1, 0.15) is 13.2 Å². The summed E-state index contributed by atoms with van der Waals surface area (Å²) in [7, 11) is 2.07. The molecule has 7 rings (SSSR count). The van der Waals surface area contributed by atoms with Gasteiger partial charge in [-0.1, -0.05) is 66.2 Å². The third kappa shape index (κ3) is 6.83. The molecular formula is C38H40ClFN6O3. The number of carbonyl (C=O) groups is 1. The second-order valence-electron chi connectivity index (χ2n) is 13.1. The summed E-state index contributed by atoms with van der Waals surface area (Å²) in [6.45, 7) is 3.53.